The molecule has 0 aliphatic carbocycles. The van der Waals surface area contributed by atoms with Gasteiger partial charge in [0.1, 0.15) is 0 Å². The molecule has 0 aromatic rings. The van der Waals surface area contributed by atoms with Crippen LogP contribution in [0.25, 0.3) is 0 Å². The molecule has 5 nitrogen and oxygen atoms in total. The van der Waals surface area contributed by atoms with Gasteiger partial charge in [-0.3, -0.25) is 4.79 Å². The fourth-order valence-electron chi connectivity index (χ4n) is 2.04. The average molecular weight is 214 g/mol. The third kappa shape index (κ3) is 2.68. The predicted octanol–water partition coefficient (Wildman–Crippen LogP) is -1.28. The van der Waals surface area contributed by atoms with E-state index in [1.807, 2.05) is 0 Å². The van der Waals surface area contributed by atoms with Gasteiger partial charge in [0.2, 0.25) is 5.91 Å². The smallest absolute Gasteiger partial charge is 0.225 e. The Kier molecular flexibility index (Phi) is 3.56. The van der Waals surface area contributed by atoms with Crippen molar-refractivity contribution in [3.63, 3.8) is 0 Å². The first-order chi connectivity index (χ1) is 7.27. The second-order valence-corrected chi connectivity index (χ2v) is 4.29. The van der Waals surface area contributed by atoms with Crippen LogP contribution in [0.3, 0.4) is 0 Å². The van der Waals surface area contributed by atoms with Crippen molar-refractivity contribution in [2.45, 2.75) is 12.5 Å². The minimum Gasteiger partial charge on any atom is -0.391 e. The third-order valence-corrected chi connectivity index (χ3v) is 3.14. The number of hydrogen-bond donors (Lipinski definition) is 3. The molecule has 2 rings (SSSR count). The molecule has 0 bridgehead atoms. The standard InChI is InChI=1S/C10H18N2O3/c13-9-5-11-3-8(9)4-12-10(14)7-1-2-15-6-7/h7-9,11,13H,1-6H2,(H,12,14). The van der Waals surface area contributed by atoms with Crippen LogP contribution in [0, 0.1) is 11.8 Å². The molecule has 2 aliphatic heterocycles. The summed E-state index contributed by atoms with van der Waals surface area (Å²) in [5.41, 5.74) is 0. The number of carbonyl (C=O) groups is 1. The minimum absolute atomic E-state index is 0.0107. The van der Waals surface area contributed by atoms with Gasteiger partial charge in [-0.05, 0) is 6.42 Å². The lowest BCUT2D eigenvalue weighted by atomic mass is 10.1. The number of β-amino-alcohol motifs (C(OH)–C–C–N with tert-alkyl or cyclic N) is 1. The molecule has 3 atom stereocenters. The summed E-state index contributed by atoms with van der Waals surface area (Å²) in [4.78, 5) is 11.6. The zero-order valence-electron chi connectivity index (χ0n) is 8.74. The highest BCUT2D eigenvalue weighted by Gasteiger charge is 2.27. The Labute approximate surface area is 89.2 Å². The Morgan fingerprint density at radius 3 is 3.00 bits per heavy atom. The largest absolute Gasteiger partial charge is 0.391 e. The van der Waals surface area contributed by atoms with Crippen molar-refractivity contribution in [3.05, 3.63) is 0 Å². The van der Waals surface area contributed by atoms with Crippen LogP contribution in [0.5, 0.6) is 0 Å². The van der Waals surface area contributed by atoms with Gasteiger partial charge in [-0.1, -0.05) is 0 Å². The molecule has 2 aliphatic rings. The van der Waals surface area contributed by atoms with Gasteiger partial charge in [-0.15, -0.1) is 0 Å². The van der Waals surface area contributed by atoms with E-state index < -0.39 is 0 Å². The normalized spacial score (nSPS) is 35.7. The zero-order valence-corrected chi connectivity index (χ0v) is 8.74. The van der Waals surface area contributed by atoms with Crippen molar-refractivity contribution in [1.82, 2.24) is 10.6 Å². The lowest BCUT2D eigenvalue weighted by molar-refractivity contribution is -0.125. The number of aliphatic hydroxyl groups is 1. The molecule has 0 saturated carbocycles. The molecule has 5 heteroatoms. The average Bonchev–Trinajstić information content (AvgIpc) is 2.85. The number of ether oxygens (including phenoxy) is 1. The number of aliphatic hydroxyl groups excluding tert-OH is 1. The fraction of sp³-hybridized carbons (Fsp3) is 0.900. The number of carbonyl (C=O) groups excluding carboxylic acids is 1. The summed E-state index contributed by atoms with van der Waals surface area (Å²) in [5, 5.41) is 15.5. The molecule has 1 amide bonds. The van der Waals surface area contributed by atoms with E-state index >= 15 is 0 Å². The van der Waals surface area contributed by atoms with E-state index in [4.69, 9.17) is 4.74 Å². The highest BCUT2D eigenvalue weighted by molar-refractivity contribution is 5.78. The number of nitrogens with one attached hydrogen (secondary N) is 2. The monoisotopic (exact) mass is 214 g/mol. The second kappa shape index (κ2) is 4.92. The molecule has 86 valence electrons. The quantitative estimate of drug-likeness (QED) is 0.547. The van der Waals surface area contributed by atoms with Gasteiger partial charge in [0.15, 0.2) is 0 Å². The summed E-state index contributed by atoms with van der Waals surface area (Å²) >= 11 is 0. The van der Waals surface area contributed by atoms with Gasteiger partial charge in [0.05, 0.1) is 18.6 Å². The molecule has 0 radical (unpaired) electrons. The summed E-state index contributed by atoms with van der Waals surface area (Å²) in [7, 11) is 0. The SMILES string of the molecule is O=C(NCC1CNCC1O)C1CCOC1. The lowest BCUT2D eigenvalue weighted by Crippen LogP contribution is -2.37. The molecule has 15 heavy (non-hydrogen) atoms. The zero-order chi connectivity index (χ0) is 10.7. The highest BCUT2D eigenvalue weighted by Crippen LogP contribution is 2.13. The van der Waals surface area contributed by atoms with E-state index in [1.54, 1.807) is 0 Å². The third-order valence-electron chi connectivity index (χ3n) is 3.14. The first-order valence-corrected chi connectivity index (χ1v) is 5.51. The molecular weight excluding hydrogens is 196 g/mol. The van der Waals surface area contributed by atoms with Crippen molar-refractivity contribution in [3.8, 4) is 0 Å². The van der Waals surface area contributed by atoms with Gasteiger partial charge in [0, 0.05) is 32.2 Å². The van der Waals surface area contributed by atoms with Gasteiger partial charge in [-0.2, -0.15) is 0 Å². The van der Waals surface area contributed by atoms with Gasteiger partial charge in [0.25, 0.3) is 0 Å². The predicted molar refractivity (Wildman–Crippen MR) is 54.3 cm³/mol. The van der Waals surface area contributed by atoms with Gasteiger partial charge < -0.3 is 20.5 Å². The number of amides is 1. The van der Waals surface area contributed by atoms with Crippen molar-refractivity contribution in [1.29, 1.82) is 0 Å². The molecule has 0 spiro atoms. The van der Waals surface area contributed by atoms with E-state index in [-0.39, 0.29) is 23.8 Å². The Morgan fingerprint density at radius 1 is 1.53 bits per heavy atom. The molecule has 0 aromatic heterocycles. The maximum Gasteiger partial charge on any atom is 0.225 e. The summed E-state index contributed by atoms with van der Waals surface area (Å²) in [6.45, 7) is 3.20. The lowest BCUT2D eigenvalue weighted by Gasteiger charge is -2.15. The van der Waals surface area contributed by atoms with E-state index in [9.17, 15) is 9.90 Å². The molecule has 0 aromatic carbocycles. The summed E-state index contributed by atoms with van der Waals surface area (Å²) < 4.78 is 5.15. The number of hydrogen-bond acceptors (Lipinski definition) is 4. The molecule has 2 fully saturated rings. The second-order valence-electron chi connectivity index (χ2n) is 4.29. The molecule has 2 heterocycles. The fourth-order valence-corrected chi connectivity index (χ4v) is 2.04. The van der Waals surface area contributed by atoms with Crippen LogP contribution in [0.15, 0.2) is 0 Å². The topological polar surface area (TPSA) is 70.6 Å². The first-order valence-electron chi connectivity index (χ1n) is 5.51. The van der Waals surface area contributed by atoms with Crippen molar-refractivity contribution >= 4 is 5.91 Å². The maximum atomic E-state index is 11.6. The summed E-state index contributed by atoms with van der Waals surface area (Å²) in [6.07, 6.45) is 0.488. The molecular formula is C10H18N2O3. The highest BCUT2D eigenvalue weighted by atomic mass is 16.5. The maximum absolute atomic E-state index is 11.6. The van der Waals surface area contributed by atoms with Crippen LogP contribution in [-0.2, 0) is 9.53 Å². The first kappa shape index (κ1) is 10.9. The molecule has 3 unspecified atom stereocenters. The Morgan fingerprint density at radius 2 is 2.40 bits per heavy atom. The van der Waals surface area contributed by atoms with Gasteiger partial charge >= 0.3 is 0 Å². The van der Waals surface area contributed by atoms with E-state index in [2.05, 4.69) is 10.6 Å². The minimum atomic E-state index is -0.329. The Balaban J connectivity index is 1.70. The van der Waals surface area contributed by atoms with E-state index in [0.29, 0.717) is 26.3 Å². The Bertz CT molecular complexity index is 229. The summed E-state index contributed by atoms with van der Waals surface area (Å²) in [6, 6.07) is 0. The van der Waals surface area contributed by atoms with Crippen LogP contribution in [-0.4, -0.2) is 50.0 Å². The van der Waals surface area contributed by atoms with Crippen LogP contribution in [0.1, 0.15) is 6.42 Å². The van der Waals surface area contributed by atoms with Gasteiger partial charge in [-0.25, -0.2) is 0 Å². The van der Waals surface area contributed by atoms with Crippen LogP contribution >= 0.6 is 0 Å². The molecule has 2 saturated heterocycles. The van der Waals surface area contributed by atoms with E-state index in [1.165, 1.54) is 0 Å². The Hall–Kier alpha value is -0.650. The van der Waals surface area contributed by atoms with Crippen molar-refractivity contribution < 1.29 is 14.6 Å². The van der Waals surface area contributed by atoms with Crippen LogP contribution in [0.2, 0.25) is 0 Å². The van der Waals surface area contributed by atoms with Crippen molar-refractivity contribution in [2.75, 3.05) is 32.8 Å². The molecule has 3 N–H and O–H groups in total. The van der Waals surface area contributed by atoms with Crippen molar-refractivity contribution in [2.24, 2.45) is 11.8 Å². The summed E-state index contributed by atoms with van der Waals surface area (Å²) in [5.74, 6) is 0.222. The van der Waals surface area contributed by atoms with E-state index in [0.717, 1.165) is 13.0 Å². The van der Waals surface area contributed by atoms with Crippen LogP contribution in [0.4, 0.5) is 0 Å². The number of rotatable bonds is 3. The van der Waals surface area contributed by atoms with Crippen LogP contribution < -0.4 is 10.6 Å².